The summed E-state index contributed by atoms with van der Waals surface area (Å²) in [6.45, 7) is 2.39. The molecule has 1 atom stereocenters. The van der Waals surface area contributed by atoms with Crippen LogP contribution in [0, 0.1) is 0 Å². The Morgan fingerprint density at radius 2 is 2.38 bits per heavy atom. The van der Waals surface area contributed by atoms with E-state index in [1.807, 2.05) is 11.3 Å². The monoisotopic (exact) mass is 237 g/mol. The minimum atomic E-state index is -0.0602. The van der Waals surface area contributed by atoms with Gasteiger partial charge in [0.05, 0.1) is 16.2 Å². The van der Waals surface area contributed by atoms with Gasteiger partial charge in [-0.05, 0) is 39.3 Å². The zero-order valence-corrected chi connectivity index (χ0v) is 10.6. The summed E-state index contributed by atoms with van der Waals surface area (Å²) in [4.78, 5) is 7.18. The minimum Gasteiger partial charge on any atom is -0.320 e. The molecule has 1 saturated carbocycles. The number of likely N-dealkylation sites (tertiary alicyclic amines) is 1. The molecule has 1 aromatic heterocycles. The smallest absolute Gasteiger partial charge is 0.0972 e. The van der Waals surface area contributed by atoms with Gasteiger partial charge in [0.25, 0.3) is 0 Å². The second-order valence-corrected chi connectivity index (χ2v) is 6.22. The van der Waals surface area contributed by atoms with E-state index in [0.29, 0.717) is 5.92 Å². The Labute approximate surface area is 101 Å². The first-order valence-corrected chi connectivity index (χ1v) is 6.99. The first-order chi connectivity index (χ1) is 7.67. The zero-order valence-electron chi connectivity index (χ0n) is 9.78. The number of nitrogens with two attached hydrogens (primary N) is 1. The first kappa shape index (κ1) is 10.7. The average molecular weight is 237 g/mol. The lowest BCUT2D eigenvalue weighted by atomic mass is 9.99. The molecule has 0 bridgehead atoms. The Bertz CT molecular complexity index is 383. The Balaban J connectivity index is 1.76. The van der Waals surface area contributed by atoms with Crippen LogP contribution in [0.5, 0.6) is 0 Å². The molecule has 0 amide bonds. The molecule has 0 aromatic carbocycles. The van der Waals surface area contributed by atoms with Crippen LogP contribution >= 0.6 is 11.3 Å². The predicted octanol–water partition coefficient (Wildman–Crippen LogP) is 1.90. The van der Waals surface area contributed by atoms with Gasteiger partial charge in [0.2, 0.25) is 0 Å². The van der Waals surface area contributed by atoms with Gasteiger partial charge in [-0.2, -0.15) is 0 Å². The van der Waals surface area contributed by atoms with Crippen molar-refractivity contribution >= 4 is 11.3 Å². The van der Waals surface area contributed by atoms with Crippen molar-refractivity contribution in [1.29, 1.82) is 0 Å². The molecule has 4 heteroatoms. The zero-order chi connectivity index (χ0) is 11.2. The normalized spacial score (nSPS) is 29.2. The van der Waals surface area contributed by atoms with Crippen molar-refractivity contribution in [3.05, 3.63) is 16.1 Å². The molecule has 2 heterocycles. The lowest BCUT2D eigenvalue weighted by Crippen LogP contribution is -2.30. The van der Waals surface area contributed by atoms with Crippen LogP contribution in [0.1, 0.15) is 42.3 Å². The fraction of sp³-hybridized carbons (Fsp3) is 0.750. The first-order valence-electron chi connectivity index (χ1n) is 6.11. The van der Waals surface area contributed by atoms with Gasteiger partial charge < -0.3 is 10.6 Å². The van der Waals surface area contributed by atoms with E-state index in [1.165, 1.54) is 24.4 Å². The Morgan fingerprint density at radius 3 is 3.06 bits per heavy atom. The number of hydrogen-bond acceptors (Lipinski definition) is 4. The molecule has 2 N–H and O–H groups in total. The maximum absolute atomic E-state index is 6.17. The van der Waals surface area contributed by atoms with E-state index in [4.69, 9.17) is 10.7 Å². The summed E-state index contributed by atoms with van der Waals surface area (Å²) < 4.78 is 0. The summed E-state index contributed by atoms with van der Waals surface area (Å²) >= 11 is 1.81. The lowest BCUT2D eigenvalue weighted by molar-refractivity contribution is 0.250. The van der Waals surface area contributed by atoms with Crippen LogP contribution in [0.25, 0.3) is 0 Å². The summed E-state index contributed by atoms with van der Waals surface area (Å²) in [6, 6.07) is 0. The maximum Gasteiger partial charge on any atom is 0.0972 e. The standard InChI is InChI=1S/C12H19N3S/c1-15-6-2-3-9(7-15)11-14-10(8-16-11)12(13)4-5-12/h8-9H,2-7,13H2,1H3. The fourth-order valence-electron chi connectivity index (χ4n) is 2.46. The van der Waals surface area contributed by atoms with Crippen LogP contribution < -0.4 is 5.73 Å². The third-order valence-electron chi connectivity index (χ3n) is 3.79. The van der Waals surface area contributed by atoms with Crippen LogP contribution in [-0.4, -0.2) is 30.0 Å². The SMILES string of the molecule is CN1CCCC(c2nc(C3(N)CC3)cs2)C1. The second-order valence-electron chi connectivity index (χ2n) is 5.33. The minimum absolute atomic E-state index is 0.0602. The van der Waals surface area contributed by atoms with E-state index >= 15 is 0 Å². The summed E-state index contributed by atoms with van der Waals surface area (Å²) in [7, 11) is 2.20. The number of nitrogens with zero attached hydrogens (tertiary/aromatic N) is 2. The Kier molecular flexibility index (Phi) is 2.53. The number of piperidine rings is 1. The molecule has 3 nitrogen and oxygen atoms in total. The molecular weight excluding hydrogens is 218 g/mol. The van der Waals surface area contributed by atoms with Crippen molar-refractivity contribution in [3.63, 3.8) is 0 Å². The maximum atomic E-state index is 6.17. The number of hydrogen-bond donors (Lipinski definition) is 1. The summed E-state index contributed by atoms with van der Waals surface area (Å²) in [5.41, 5.74) is 7.25. The van der Waals surface area contributed by atoms with E-state index in [0.717, 1.165) is 25.1 Å². The van der Waals surface area contributed by atoms with Gasteiger partial charge >= 0.3 is 0 Å². The largest absolute Gasteiger partial charge is 0.320 e. The molecule has 1 aromatic rings. The highest BCUT2D eigenvalue weighted by Gasteiger charge is 2.42. The number of thiazole rings is 1. The third kappa shape index (κ3) is 1.90. The molecular formula is C12H19N3S. The van der Waals surface area contributed by atoms with Crippen molar-refractivity contribution in [2.75, 3.05) is 20.1 Å². The predicted molar refractivity (Wildman–Crippen MR) is 66.7 cm³/mol. The van der Waals surface area contributed by atoms with Gasteiger partial charge in [-0.3, -0.25) is 0 Å². The summed E-state index contributed by atoms with van der Waals surface area (Å²) in [6.07, 6.45) is 4.81. The Morgan fingerprint density at radius 1 is 1.56 bits per heavy atom. The molecule has 1 aliphatic heterocycles. The van der Waals surface area contributed by atoms with Crippen LogP contribution in [-0.2, 0) is 5.54 Å². The highest BCUT2D eigenvalue weighted by molar-refractivity contribution is 7.09. The summed E-state index contributed by atoms with van der Waals surface area (Å²) in [5, 5.41) is 3.48. The van der Waals surface area contributed by atoms with E-state index in [9.17, 15) is 0 Å². The quantitative estimate of drug-likeness (QED) is 0.854. The lowest BCUT2D eigenvalue weighted by Gasteiger charge is -2.28. The highest BCUT2D eigenvalue weighted by atomic mass is 32.1. The highest BCUT2D eigenvalue weighted by Crippen LogP contribution is 2.43. The van der Waals surface area contributed by atoms with Crippen molar-refractivity contribution in [2.24, 2.45) is 5.73 Å². The molecule has 1 unspecified atom stereocenters. The van der Waals surface area contributed by atoms with Crippen molar-refractivity contribution in [1.82, 2.24) is 9.88 Å². The topological polar surface area (TPSA) is 42.2 Å². The van der Waals surface area contributed by atoms with E-state index in [1.54, 1.807) is 0 Å². The summed E-state index contributed by atoms with van der Waals surface area (Å²) in [5.74, 6) is 0.639. The van der Waals surface area contributed by atoms with Crippen LogP contribution in [0.2, 0.25) is 0 Å². The number of likely N-dealkylation sites (N-methyl/N-ethyl adjacent to an activating group) is 1. The van der Waals surface area contributed by atoms with Crippen LogP contribution in [0.15, 0.2) is 5.38 Å². The van der Waals surface area contributed by atoms with Crippen LogP contribution in [0.4, 0.5) is 0 Å². The number of rotatable bonds is 2. The second kappa shape index (κ2) is 3.79. The van der Waals surface area contributed by atoms with Crippen molar-refractivity contribution < 1.29 is 0 Å². The molecule has 2 fully saturated rings. The average Bonchev–Trinajstić information content (AvgIpc) is 2.83. The van der Waals surface area contributed by atoms with Gasteiger partial charge in [-0.25, -0.2) is 4.98 Å². The van der Waals surface area contributed by atoms with E-state index in [2.05, 4.69) is 17.3 Å². The molecule has 0 spiro atoms. The molecule has 88 valence electrons. The van der Waals surface area contributed by atoms with Crippen LogP contribution in [0.3, 0.4) is 0 Å². The molecule has 1 aliphatic carbocycles. The van der Waals surface area contributed by atoms with Crippen molar-refractivity contribution in [2.45, 2.75) is 37.1 Å². The van der Waals surface area contributed by atoms with Gasteiger partial charge in [0, 0.05) is 17.8 Å². The molecule has 1 saturated heterocycles. The Hall–Kier alpha value is -0.450. The molecule has 16 heavy (non-hydrogen) atoms. The van der Waals surface area contributed by atoms with E-state index in [-0.39, 0.29) is 5.54 Å². The third-order valence-corrected chi connectivity index (χ3v) is 4.80. The molecule has 3 rings (SSSR count). The van der Waals surface area contributed by atoms with E-state index < -0.39 is 0 Å². The van der Waals surface area contributed by atoms with Gasteiger partial charge in [0.15, 0.2) is 0 Å². The molecule has 2 aliphatic rings. The van der Waals surface area contributed by atoms with Gasteiger partial charge in [-0.15, -0.1) is 11.3 Å². The van der Waals surface area contributed by atoms with Gasteiger partial charge in [-0.1, -0.05) is 0 Å². The van der Waals surface area contributed by atoms with Gasteiger partial charge in [0.1, 0.15) is 0 Å². The fourth-order valence-corrected chi connectivity index (χ4v) is 3.52. The number of aromatic nitrogens is 1. The molecule has 0 radical (unpaired) electrons. The van der Waals surface area contributed by atoms with Crippen molar-refractivity contribution in [3.8, 4) is 0 Å².